The number of likely N-dealkylation sites (N-methyl/N-ethyl adjacent to an activating group) is 1. The zero-order valence-electron chi connectivity index (χ0n) is 24.4. The number of ether oxygens (including phenoxy) is 1. The molecule has 1 atom stereocenters. The molecule has 0 unspecified atom stereocenters. The molecule has 42 heavy (non-hydrogen) atoms. The van der Waals surface area contributed by atoms with Gasteiger partial charge in [-0.25, -0.2) is 9.79 Å². The molecule has 3 heterocycles. The maximum absolute atomic E-state index is 14.1. The largest absolute Gasteiger partial charge is 0.463 e. The van der Waals surface area contributed by atoms with Gasteiger partial charge >= 0.3 is 5.97 Å². The van der Waals surface area contributed by atoms with Gasteiger partial charge in [-0.15, -0.1) is 0 Å². The number of thiazole rings is 1. The van der Waals surface area contributed by atoms with Crippen LogP contribution in [-0.4, -0.2) is 74.3 Å². The molecule has 1 aromatic heterocycles. The first kappa shape index (κ1) is 29.2. The molecular formula is C30H34N6O5S. The van der Waals surface area contributed by atoms with Crippen molar-refractivity contribution in [3.05, 3.63) is 94.7 Å². The number of non-ortho nitro benzene ring substituents is 1. The summed E-state index contributed by atoms with van der Waals surface area (Å²) in [5.74, 6) is -0.522. The molecule has 0 bridgehead atoms. The molecule has 2 aromatic carbocycles. The summed E-state index contributed by atoms with van der Waals surface area (Å²) in [7, 11) is 5.94. The van der Waals surface area contributed by atoms with Crippen molar-refractivity contribution in [1.82, 2.24) is 9.47 Å². The Hall–Kier alpha value is -4.29. The number of benzene rings is 2. The number of carbonyl (C=O) groups is 1. The summed E-state index contributed by atoms with van der Waals surface area (Å²) in [6.07, 6.45) is 1.71. The molecule has 0 radical (unpaired) electrons. The Morgan fingerprint density at radius 1 is 1.17 bits per heavy atom. The molecule has 0 amide bonds. The van der Waals surface area contributed by atoms with Crippen molar-refractivity contribution < 1.29 is 14.5 Å². The number of rotatable bonds is 7. The lowest BCUT2D eigenvalue weighted by Crippen LogP contribution is -2.44. The number of allylic oxidation sites excluding steroid dienone is 1. The third kappa shape index (κ3) is 5.59. The highest BCUT2D eigenvalue weighted by atomic mass is 32.1. The molecule has 1 fully saturated rings. The third-order valence-corrected chi connectivity index (χ3v) is 8.58. The Balaban J connectivity index is 1.69. The molecule has 2 aliphatic rings. The molecule has 0 N–H and O–H groups in total. The number of anilines is 2. The summed E-state index contributed by atoms with van der Waals surface area (Å²) in [4.78, 5) is 50.0. The van der Waals surface area contributed by atoms with E-state index in [0.29, 0.717) is 26.2 Å². The molecule has 11 nitrogen and oxygen atoms in total. The summed E-state index contributed by atoms with van der Waals surface area (Å²) < 4.78 is 7.30. The molecule has 3 aromatic rings. The minimum Gasteiger partial charge on any atom is -0.463 e. The van der Waals surface area contributed by atoms with Crippen LogP contribution < -0.4 is 24.7 Å². The molecule has 0 saturated carbocycles. The SMILES string of the molecule is CCOC(=O)C1=C(C)N=c2s/c(=C/c3cc([N+](=O)[O-])ccc3N3CCN(C)CC3)c(=O)n2[C@@H]1c1ccc(N(C)C)cc1. The van der Waals surface area contributed by atoms with Crippen LogP contribution in [0.4, 0.5) is 17.1 Å². The standard InChI is InChI=1S/C30H34N6O5S/c1-6-41-29(38)26-19(2)31-30-35(27(26)20-7-9-22(10-8-20)32(3)4)28(37)25(42-30)18-21-17-23(36(39)40)11-12-24(21)34-15-13-33(5)14-16-34/h7-12,17-18,27H,6,13-16H2,1-5H3/b25-18+/t27-/m1/s1. The van der Waals surface area contributed by atoms with Gasteiger partial charge in [0, 0.05) is 69.3 Å². The Kier molecular flexibility index (Phi) is 8.28. The lowest BCUT2D eigenvalue weighted by atomic mass is 9.95. The zero-order valence-corrected chi connectivity index (χ0v) is 25.2. The molecule has 0 spiro atoms. The van der Waals surface area contributed by atoms with E-state index in [1.807, 2.05) is 43.3 Å². The molecule has 2 aliphatic heterocycles. The van der Waals surface area contributed by atoms with Gasteiger partial charge in [0.2, 0.25) is 0 Å². The Labute approximate surface area is 247 Å². The average molecular weight is 591 g/mol. The number of nitro groups is 1. The van der Waals surface area contributed by atoms with E-state index in [0.717, 1.165) is 43.1 Å². The fraction of sp³-hybridized carbons (Fsp3) is 0.367. The normalized spacial score (nSPS) is 17.6. The van der Waals surface area contributed by atoms with Crippen LogP contribution in [0.2, 0.25) is 0 Å². The smallest absolute Gasteiger partial charge is 0.338 e. The fourth-order valence-electron chi connectivity index (χ4n) is 5.31. The van der Waals surface area contributed by atoms with Gasteiger partial charge in [-0.2, -0.15) is 0 Å². The number of hydrogen-bond acceptors (Lipinski definition) is 10. The van der Waals surface area contributed by atoms with Crippen LogP contribution >= 0.6 is 11.3 Å². The van der Waals surface area contributed by atoms with Gasteiger partial charge in [-0.1, -0.05) is 23.5 Å². The van der Waals surface area contributed by atoms with Crippen LogP contribution in [0.15, 0.2) is 63.5 Å². The van der Waals surface area contributed by atoms with E-state index >= 15 is 0 Å². The van der Waals surface area contributed by atoms with Crippen LogP contribution in [0, 0.1) is 10.1 Å². The van der Waals surface area contributed by atoms with E-state index in [4.69, 9.17) is 4.74 Å². The summed E-state index contributed by atoms with van der Waals surface area (Å²) >= 11 is 1.20. The Morgan fingerprint density at radius 3 is 2.48 bits per heavy atom. The van der Waals surface area contributed by atoms with Crippen molar-refractivity contribution in [1.29, 1.82) is 0 Å². The van der Waals surface area contributed by atoms with Crippen LogP contribution in [-0.2, 0) is 9.53 Å². The number of aromatic nitrogens is 1. The maximum atomic E-state index is 14.1. The van der Waals surface area contributed by atoms with Crippen molar-refractivity contribution in [2.24, 2.45) is 4.99 Å². The summed E-state index contributed by atoms with van der Waals surface area (Å²) in [6.45, 7) is 6.93. The lowest BCUT2D eigenvalue weighted by molar-refractivity contribution is -0.384. The minimum atomic E-state index is -0.735. The molecule has 0 aliphatic carbocycles. The molecule has 1 saturated heterocycles. The quantitative estimate of drug-likeness (QED) is 0.234. The lowest BCUT2D eigenvalue weighted by Gasteiger charge is -2.34. The number of nitro benzene ring substituents is 1. The van der Waals surface area contributed by atoms with Gasteiger partial charge in [0.15, 0.2) is 4.80 Å². The van der Waals surface area contributed by atoms with E-state index in [1.54, 1.807) is 26.0 Å². The molecule has 5 rings (SSSR count). The Bertz CT molecular complexity index is 1730. The van der Waals surface area contributed by atoms with Gasteiger partial charge in [0.25, 0.3) is 11.2 Å². The fourth-order valence-corrected chi connectivity index (χ4v) is 6.35. The Morgan fingerprint density at radius 2 is 1.86 bits per heavy atom. The predicted molar refractivity (Wildman–Crippen MR) is 164 cm³/mol. The van der Waals surface area contributed by atoms with Crippen molar-refractivity contribution in [2.45, 2.75) is 19.9 Å². The molecule has 220 valence electrons. The van der Waals surface area contributed by atoms with Crippen LogP contribution in [0.5, 0.6) is 0 Å². The number of hydrogen-bond donors (Lipinski definition) is 0. The van der Waals surface area contributed by atoms with Gasteiger partial charge in [0.1, 0.15) is 0 Å². The van der Waals surface area contributed by atoms with Crippen LogP contribution in [0.3, 0.4) is 0 Å². The predicted octanol–water partition coefficient (Wildman–Crippen LogP) is 2.52. The number of carbonyl (C=O) groups excluding carboxylic acids is 1. The second-order valence-electron chi connectivity index (χ2n) is 10.6. The summed E-state index contributed by atoms with van der Waals surface area (Å²) in [6, 6.07) is 11.7. The number of nitrogens with zero attached hydrogens (tertiary/aromatic N) is 6. The second-order valence-corrected chi connectivity index (χ2v) is 11.6. The highest BCUT2D eigenvalue weighted by Gasteiger charge is 2.33. The third-order valence-electron chi connectivity index (χ3n) is 7.59. The van der Waals surface area contributed by atoms with E-state index < -0.39 is 16.9 Å². The monoisotopic (exact) mass is 590 g/mol. The first-order valence-corrected chi connectivity index (χ1v) is 14.6. The zero-order chi connectivity index (χ0) is 30.1. The highest BCUT2D eigenvalue weighted by Crippen LogP contribution is 2.32. The number of piperazine rings is 1. The van der Waals surface area contributed by atoms with E-state index in [2.05, 4.69) is 21.8 Å². The maximum Gasteiger partial charge on any atom is 0.338 e. The summed E-state index contributed by atoms with van der Waals surface area (Å²) in [5.41, 5.74) is 3.56. The van der Waals surface area contributed by atoms with Crippen molar-refractivity contribution in [3.8, 4) is 0 Å². The summed E-state index contributed by atoms with van der Waals surface area (Å²) in [5, 5.41) is 11.7. The van der Waals surface area contributed by atoms with Gasteiger partial charge in [-0.05, 0) is 50.7 Å². The first-order valence-electron chi connectivity index (χ1n) is 13.8. The van der Waals surface area contributed by atoms with Crippen LogP contribution in [0.1, 0.15) is 31.0 Å². The van der Waals surface area contributed by atoms with Crippen LogP contribution in [0.25, 0.3) is 6.08 Å². The first-order chi connectivity index (χ1) is 20.1. The number of esters is 1. The van der Waals surface area contributed by atoms with Gasteiger partial charge < -0.3 is 19.4 Å². The van der Waals surface area contributed by atoms with E-state index in [1.165, 1.54) is 28.0 Å². The van der Waals surface area contributed by atoms with Crippen molar-refractivity contribution in [3.63, 3.8) is 0 Å². The molecular weight excluding hydrogens is 556 g/mol. The topological polar surface area (TPSA) is 114 Å². The van der Waals surface area contributed by atoms with Crippen molar-refractivity contribution >= 4 is 40.4 Å². The van der Waals surface area contributed by atoms with Gasteiger partial charge in [-0.3, -0.25) is 19.5 Å². The van der Waals surface area contributed by atoms with Gasteiger partial charge in [0.05, 0.1) is 33.4 Å². The van der Waals surface area contributed by atoms with E-state index in [9.17, 15) is 19.7 Å². The minimum absolute atomic E-state index is 0.0498. The van der Waals surface area contributed by atoms with E-state index in [-0.39, 0.29) is 17.9 Å². The average Bonchev–Trinajstić information content (AvgIpc) is 3.26. The number of fused-ring (bicyclic) bond motifs is 1. The molecule has 12 heteroatoms. The van der Waals surface area contributed by atoms with Crippen molar-refractivity contribution in [2.75, 3.05) is 63.7 Å². The second kappa shape index (κ2) is 11.9. The highest BCUT2D eigenvalue weighted by molar-refractivity contribution is 7.07.